The standard InChI is InChI=1S/C41H43N5O6/c1-26-36(40(2,3)50)35(22-23-45-25-33(43-44-45)37(47)28-10-6-5-7-11-28)52-41(26)32-12-8-9-13-34(32)46(39(41)49)24-27-14-18-30(19-15-27)42-38(48)29-16-20-31(51-4)21-17-29/h5-21,25-26,35-37,47,50H,22-24H2,1-4H3,(H,42,48)/t26-,35+,36-,37+,41+/m0/s1. The van der Waals surface area contributed by atoms with Crippen LogP contribution in [0.2, 0.25) is 0 Å². The number of aliphatic hydroxyl groups excluding tert-OH is 1. The third-order valence-corrected chi connectivity index (χ3v) is 10.4. The van der Waals surface area contributed by atoms with Crippen molar-refractivity contribution in [1.29, 1.82) is 0 Å². The highest BCUT2D eigenvalue weighted by Gasteiger charge is 2.65. The van der Waals surface area contributed by atoms with Crippen LogP contribution in [0.5, 0.6) is 5.75 Å². The van der Waals surface area contributed by atoms with Crippen molar-refractivity contribution in [2.45, 2.75) is 63.7 Å². The van der Waals surface area contributed by atoms with Gasteiger partial charge >= 0.3 is 0 Å². The molecule has 11 nitrogen and oxygen atoms in total. The molecule has 0 unspecified atom stereocenters. The minimum Gasteiger partial charge on any atom is -0.497 e. The summed E-state index contributed by atoms with van der Waals surface area (Å²) in [6.07, 6.45) is 0.799. The van der Waals surface area contributed by atoms with Gasteiger partial charge in [0, 0.05) is 35.2 Å². The van der Waals surface area contributed by atoms with E-state index in [4.69, 9.17) is 9.47 Å². The number of nitrogens with zero attached hydrogens (tertiary/aromatic N) is 4. The fourth-order valence-electron chi connectivity index (χ4n) is 7.89. The van der Waals surface area contributed by atoms with E-state index in [1.165, 1.54) is 0 Å². The van der Waals surface area contributed by atoms with Gasteiger partial charge in [0.25, 0.3) is 11.8 Å². The van der Waals surface area contributed by atoms with Crippen LogP contribution in [-0.4, -0.2) is 55.8 Å². The number of amides is 2. The molecule has 5 aromatic rings. The molecule has 1 fully saturated rings. The van der Waals surface area contributed by atoms with E-state index in [1.54, 1.807) is 61.0 Å². The molecule has 5 atom stereocenters. The molecule has 1 saturated heterocycles. The maximum atomic E-state index is 14.7. The summed E-state index contributed by atoms with van der Waals surface area (Å²) in [6, 6.07) is 31.3. The second-order valence-corrected chi connectivity index (χ2v) is 14.2. The van der Waals surface area contributed by atoms with Gasteiger partial charge in [0.15, 0.2) is 5.60 Å². The molecule has 2 aliphatic heterocycles. The Bertz CT molecular complexity index is 2040. The van der Waals surface area contributed by atoms with Gasteiger partial charge in [-0.2, -0.15) is 0 Å². The van der Waals surface area contributed by atoms with E-state index in [0.717, 1.165) is 22.4 Å². The van der Waals surface area contributed by atoms with Gasteiger partial charge in [-0.15, -0.1) is 5.10 Å². The average molecular weight is 702 g/mol. The van der Waals surface area contributed by atoms with Gasteiger partial charge in [-0.25, -0.2) is 0 Å². The first-order valence-corrected chi connectivity index (χ1v) is 17.5. The quantitative estimate of drug-likeness (QED) is 0.155. The minimum absolute atomic E-state index is 0.177. The van der Waals surface area contributed by atoms with E-state index < -0.39 is 23.4 Å². The average Bonchev–Trinajstić information content (AvgIpc) is 3.82. The van der Waals surface area contributed by atoms with Crippen molar-refractivity contribution in [2.75, 3.05) is 17.3 Å². The van der Waals surface area contributed by atoms with E-state index in [-0.39, 0.29) is 23.7 Å². The summed E-state index contributed by atoms with van der Waals surface area (Å²) >= 11 is 0. The number of carbonyl (C=O) groups excluding carboxylic acids is 2. The Morgan fingerprint density at radius 1 is 1.00 bits per heavy atom. The summed E-state index contributed by atoms with van der Waals surface area (Å²) in [6.45, 7) is 6.24. The number of methoxy groups -OCH3 is 1. The Kier molecular flexibility index (Phi) is 9.43. The highest BCUT2D eigenvalue weighted by molar-refractivity contribution is 6.07. The number of hydrogen-bond donors (Lipinski definition) is 3. The van der Waals surface area contributed by atoms with E-state index in [9.17, 15) is 19.8 Å². The molecular formula is C41H43N5O6. The second-order valence-electron chi connectivity index (χ2n) is 14.2. The topological polar surface area (TPSA) is 139 Å². The second kappa shape index (κ2) is 14.0. The first-order valence-electron chi connectivity index (χ1n) is 17.5. The lowest BCUT2D eigenvalue weighted by Gasteiger charge is -2.34. The fourth-order valence-corrected chi connectivity index (χ4v) is 7.89. The van der Waals surface area contributed by atoms with Crippen LogP contribution < -0.4 is 15.0 Å². The van der Waals surface area contributed by atoms with Crippen LogP contribution in [0.3, 0.4) is 0 Å². The molecule has 0 saturated carbocycles. The van der Waals surface area contributed by atoms with Crippen LogP contribution in [0.1, 0.15) is 66.0 Å². The molecule has 2 amide bonds. The van der Waals surface area contributed by atoms with Gasteiger partial charge in [-0.3, -0.25) is 14.3 Å². The number of benzene rings is 4. The molecule has 3 N–H and O–H groups in total. The molecule has 2 aliphatic rings. The molecule has 0 bridgehead atoms. The lowest BCUT2D eigenvalue weighted by atomic mass is 9.71. The summed E-state index contributed by atoms with van der Waals surface area (Å²) in [5, 5.41) is 33.7. The molecule has 7 rings (SSSR count). The first-order chi connectivity index (χ1) is 25.0. The maximum Gasteiger partial charge on any atom is 0.264 e. The maximum absolute atomic E-state index is 14.7. The zero-order valence-electron chi connectivity index (χ0n) is 29.6. The summed E-state index contributed by atoms with van der Waals surface area (Å²) in [4.78, 5) is 29.3. The van der Waals surface area contributed by atoms with Gasteiger partial charge in [0.05, 0.1) is 37.2 Å². The number of hydrogen-bond acceptors (Lipinski definition) is 8. The minimum atomic E-state index is -1.30. The van der Waals surface area contributed by atoms with E-state index in [0.29, 0.717) is 42.2 Å². The smallest absolute Gasteiger partial charge is 0.264 e. The number of para-hydroxylation sites is 1. The van der Waals surface area contributed by atoms with Crippen LogP contribution in [0.25, 0.3) is 0 Å². The normalized spacial score (nSPS) is 21.7. The molecule has 0 aliphatic carbocycles. The number of ether oxygens (including phenoxy) is 2. The highest BCUT2D eigenvalue weighted by atomic mass is 16.5. The number of nitrogens with one attached hydrogen (secondary N) is 1. The number of aliphatic hydroxyl groups is 2. The van der Waals surface area contributed by atoms with E-state index in [1.807, 2.05) is 85.8 Å². The Morgan fingerprint density at radius 3 is 2.38 bits per heavy atom. The first kappa shape index (κ1) is 35.1. The summed E-state index contributed by atoms with van der Waals surface area (Å²) in [5.74, 6) is -0.484. The summed E-state index contributed by atoms with van der Waals surface area (Å²) in [7, 11) is 1.58. The molecule has 4 aromatic carbocycles. The number of fused-ring (bicyclic) bond motifs is 2. The Balaban J connectivity index is 1.09. The van der Waals surface area contributed by atoms with Gasteiger partial charge in [0.2, 0.25) is 0 Å². The van der Waals surface area contributed by atoms with Gasteiger partial charge in [-0.1, -0.05) is 72.8 Å². The van der Waals surface area contributed by atoms with Crippen molar-refractivity contribution in [2.24, 2.45) is 11.8 Å². The van der Waals surface area contributed by atoms with Crippen LogP contribution in [0.4, 0.5) is 11.4 Å². The van der Waals surface area contributed by atoms with Crippen LogP contribution in [0, 0.1) is 11.8 Å². The van der Waals surface area contributed by atoms with E-state index >= 15 is 0 Å². The van der Waals surface area contributed by atoms with Crippen LogP contribution in [-0.2, 0) is 28.2 Å². The molecule has 0 radical (unpaired) electrons. The monoisotopic (exact) mass is 701 g/mol. The predicted octanol–water partition coefficient (Wildman–Crippen LogP) is 5.88. The SMILES string of the molecule is COc1ccc(C(=O)Nc2ccc(CN3C(=O)[C@]4(O[C@H](CCn5cc([C@H](O)c6ccccc6)nn5)[C@@H](C(C)(C)O)[C@@H]4C)c4ccccc43)cc2)cc1. The summed E-state index contributed by atoms with van der Waals surface area (Å²) in [5.41, 5.74) is 2.27. The largest absolute Gasteiger partial charge is 0.497 e. The van der Waals surface area contributed by atoms with Crippen molar-refractivity contribution < 1.29 is 29.3 Å². The van der Waals surface area contributed by atoms with Gasteiger partial charge in [-0.05, 0) is 73.9 Å². The molecule has 1 aromatic heterocycles. The Hall–Kier alpha value is -5.36. The number of aromatic nitrogens is 3. The molecule has 52 heavy (non-hydrogen) atoms. The van der Waals surface area contributed by atoms with Gasteiger partial charge in [0.1, 0.15) is 17.5 Å². The summed E-state index contributed by atoms with van der Waals surface area (Å²) < 4.78 is 13.8. The number of carbonyl (C=O) groups is 2. The molecule has 1 spiro atoms. The van der Waals surface area contributed by atoms with E-state index in [2.05, 4.69) is 15.6 Å². The Labute approximate surface area is 302 Å². The zero-order chi connectivity index (χ0) is 36.6. The van der Waals surface area contributed by atoms with Crippen molar-refractivity contribution >= 4 is 23.2 Å². The lowest BCUT2D eigenvalue weighted by molar-refractivity contribution is -0.146. The molecular weight excluding hydrogens is 658 g/mol. The molecule has 3 heterocycles. The highest BCUT2D eigenvalue weighted by Crippen LogP contribution is 2.58. The Morgan fingerprint density at radius 2 is 1.69 bits per heavy atom. The van der Waals surface area contributed by atoms with Crippen molar-refractivity contribution in [3.8, 4) is 5.75 Å². The van der Waals surface area contributed by atoms with Crippen LogP contribution >= 0.6 is 0 Å². The van der Waals surface area contributed by atoms with Crippen molar-refractivity contribution in [1.82, 2.24) is 15.0 Å². The lowest BCUT2D eigenvalue weighted by Crippen LogP contribution is -2.46. The van der Waals surface area contributed by atoms with Crippen molar-refractivity contribution in [3.63, 3.8) is 0 Å². The van der Waals surface area contributed by atoms with Gasteiger partial charge < -0.3 is 29.9 Å². The molecule has 268 valence electrons. The third-order valence-electron chi connectivity index (χ3n) is 10.4. The van der Waals surface area contributed by atoms with Crippen LogP contribution in [0.15, 0.2) is 109 Å². The van der Waals surface area contributed by atoms with Crippen molar-refractivity contribution in [3.05, 3.63) is 137 Å². The zero-order valence-corrected chi connectivity index (χ0v) is 29.6. The number of anilines is 2. The number of rotatable bonds is 11. The third kappa shape index (κ3) is 6.47. The number of aryl methyl sites for hydroxylation is 1. The fraction of sp³-hybridized carbons (Fsp3) is 0.317. The predicted molar refractivity (Wildman–Crippen MR) is 196 cm³/mol. The molecule has 11 heteroatoms.